The molecule has 1 saturated carbocycles. The molecule has 0 unspecified atom stereocenters. The molecule has 4 rings (SSSR count). The molecule has 3 N–H and O–H groups in total. The number of nitrogens with one attached hydrogen (secondary N) is 2. The fourth-order valence-corrected chi connectivity index (χ4v) is 3.45. The molecule has 32 heavy (non-hydrogen) atoms. The van der Waals surface area contributed by atoms with Gasteiger partial charge in [0, 0.05) is 16.8 Å². The van der Waals surface area contributed by atoms with Gasteiger partial charge in [0.2, 0.25) is 0 Å². The van der Waals surface area contributed by atoms with Gasteiger partial charge < -0.3 is 15.7 Å². The van der Waals surface area contributed by atoms with E-state index in [1.807, 2.05) is 68.4 Å². The van der Waals surface area contributed by atoms with Crippen LogP contribution in [0.5, 0.6) is 0 Å². The fourth-order valence-electron chi connectivity index (χ4n) is 3.45. The van der Waals surface area contributed by atoms with Gasteiger partial charge in [-0.3, -0.25) is 9.59 Å². The number of carbonyl (C=O) groups excluding carboxylic acids is 2. The average Bonchev–Trinajstić information content (AvgIpc) is 3.57. The smallest absolute Gasteiger partial charge is 0.329 e. The SMILES string of the molecule is Cc1ccc(C(=O)Nc2ccc(-c3ccc(C(=O)NC4(C(=O)O)CC4)cc3)cc2)cc1C. The number of amides is 2. The minimum Gasteiger partial charge on any atom is -0.480 e. The van der Waals surface area contributed by atoms with Crippen molar-refractivity contribution in [3.63, 3.8) is 0 Å². The highest BCUT2D eigenvalue weighted by atomic mass is 16.4. The van der Waals surface area contributed by atoms with Crippen LogP contribution < -0.4 is 10.6 Å². The number of hydrogen-bond donors (Lipinski definition) is 3. The lowest BCUT2D eigenvalue weighted by molar-refractivity contribution is -0.140. The van der Waals surface area contributed by atoms with Gasteiger partial charge >= 0.3 is 5.97 Å². The third-order valence-electron chi connectivity index (χ3n) is 5.90. The summed E-state index contributed by atoms with van der Waals surface area (Å²) in [6, 6.07) is 20.1. The third-order valence-corrected chi connectivity index (χ3v) is 5.90. The van der Waals surface area contributed by atoms with Gasteiger partial charge in [0.25, 0.3) is 11.8 Å². The zero-order valence-corrected chi connectivity index (χ0v) is 17.9. The van der Waals surface area contributed by atoms with E-state index in [1.54, 1.807) is 12.1 Å². The van der Waals surface area contributed by atoms with Gasteiger partial charge in [0.05, 0.1) is 0 Å². The Kier molecular flexibility index (Phi) is 5.53. The summed E-state index contributed by atoms with van der Waals surface area (Å²) in [5.41, 5.74) is 4.67. The highest BCUT2D eigenvalue weighted by Crippen LogP contribution is 2.35. The first kappa shape index (κ1) is 21.3. The Morgan fingerprint density at radius 1 is 0.750 bits per heavy atom. The van der Waals surface area contributed by atoms with E-state index >= 15 is 0 Å². The van der Waals surface area contributed by atoms with Crippen molar-refractivity contribution >= 4 is 23.5 Å². The standard InChI is InChI=1S/C26H24N2O4/c1-16-3-4-21(15-17(16)2)23(29)27-22-11-9-19(10-12-22)18-5-7-20(8-6-18)24(30)28-26(13-14-26)25(31)32/h3-12,15H,13-14H2,1-2H3,(H,27,29)(H,28,30)(H,31,32). The van der Waals surface area contributed by atoms with Crippen molar-refractivity contribution in [2.75, 3.05) is 5.32 Å². The Morgan fingerprint density at radius 2 is 1.31 bits per heavy atom. The summed E-state index contributed by atoms with van der Waals surface area (Å²) >= 11 is 0. The van der Waals surface area contributed by atoms with E-state index in [9.17, 15) is 19.5 Å². The number of carbonyl (C=O) groups is 3. The third kappa shape index (κ3) is 4.39. The van der Waals surface area contributed by atoms with Crippen LogP contribution in [0.3, 0.4) is 0 Å². The van der Waals surface area contributed by atoms with Crippen LogP contribution in [-0.4, -0.2) is 28.4 Å². The molecule has 0 saturated heterocycles. The summed E-state index contributed by atoms with van der Waals surface area (Å²) in [5.74, 6) is -1.54. The second-order valence-electron chi connectivity index (χ2n) is 8.25. The molecule has 3 aromatic carbocycles. The van der Waals surface area contributed by atoms with Crippen LogP contribution in [-0.2, 0) is 4.79 Å². The average molecular weight is 428 g/mol. The first-order valence-electron chi connectivity index (χ1n) is 10.4. The highest BCUT2D eigenvalue weighted by molar-refractivity contribution is 6.04. The first-order chi connectivity index (χ1) is 15.3. The predicted octanol–water partition coefficient (Wildman–Crippen LogP) is 4.57. The lowest BCUT2D eigenvalue weighted by Gasteiger charge is -2.12. The molecule has 1 fully saturated rings. The van der Waals surface area contributed by atoms with E-state index < -0.39 is 11.5 Å². The van der Waals surface area contributed by atoms with Gasteiger partial charge in [0.15, 0.2) is 0 Å². The van der Waals surface area contributed by atoms with E-state index in [1.165, 1.54) is 0 Å². The topological polar surface area (TPSA) is 95.5 Å². The van der Waals surface area contributed by atoms with Crippen molar-refractivity contribution in [2.24, 2.45) is 0 Å². The number of benzene rings is 3. The summed E-state index contributed by atoms with van der Waals surface area (Å²) in [7, 11) is 0. The Morgan fingerprint density at radius 3 is 1.84 bits per heavy atom. The Labute approximate surface area is 186 Å². The molecule has 1 aliphatic rings. The molecule has 3 aromatic rings. The summed E-state index contributed by atoms with van der Waals surface area (Å²) in [4.78, 5) is 36.1. The number of hydrogen-bond acceptors (Lipinski definition) is 3. The van der Waals surface area contributed by atoms with Crippen molar-refractivity contribution in [1.82, 2.24) is 5.32 Å². The Bertz CT molecular complexity index is 1190. The molecule has 0 bridgehead atoms. The van der Waals surface area contributed by atoms with Gasteiger partial charge in [-0.1, -0.05) is 30.3 Å². The maximum absolute atomic E-state index is 12.5. The lowest BCUT2D eigenvalue weighted by atomic mass is 10.0. The number of aryl methyl sites for hydroxylation is 2. The monoisotopic (exact) mass is 428 g/mol. The molecule has 0 aromatic heterocycles. The number of rotatable bonds is 6. The van der Waals surface area contributed by atoms with Crippen LogP contribution in [0.1, 0.15) is 44.7 Å². The highest BCUT2D eigenvalue weighted by Gasteiger charge is 2.51. The molecule has 0 heterocycles. The van der Waals surface area contributed by atoms with E-state index in [2.05, 4.69) is 10.6 Å². The van der Waals surface area contributed by atoms with E-state index in [4.69, 9.17) is 0 Å². The van der Waals surface area contributed by atoms with Crippen LogP contribution in [0, 0.1) is 13.8 Å². The van der Waals surface area contributed by atoms with Crippen LogP contribution in [0.15, 0.2) is 66.7 Å². The summed E-state index contributed by atoms with van der Waals surface area (Å²) in [6.45, 7) is 3.99. The van der Waals surface area contributed by atoms with Gasteiger partial charge in [-0.05, 0) is 85.3 Å². The number of anilines is 1. The quantitative estimate of drug-likeness (QED) is 0.536. The molecule has 162 valence electrons. The minimum atomic E-state index is -1.10. The molecular weight excluding hydrogens is 404 g/mol. The van der Waals surface area contributed by atoms with Gasteiger partial charge in [-0.2, -0.15) is 0 Å². The Balaban J connectivity index is 1.41. The maximum atomic E-state index is 12.5. The predicted molar refractivity (Wildman–Crippen MR) is 123 cm³/mol. The van der Waals surface area contributed by atoms with E-state index in [-0.39, 0.29) is 11.8 Å². The zero-order chi connectivity index (χ0) is 22.9. The van der Waals surface area contributed by atoms with Crippen LogP contribution >= 0.6 is 0 Å². The largest absolute Gasteiger partial charge is 0.480 e. The molecule has 0 aliphatic heterocycles. The van der Waals surface area contributed by atoms with Gasteiger partial charge in [-0.15, -0.1) is 0 Å². The van der Waals surface area contributed by atoms with Crippen LogP contribution in [0.25, 0.3) is 11.1 Å². The summed E-state index contributed by atoms with van der Waals surface area (Å²) in [5, 5.41) is 14.7. The lowest BCUT2D eigenvalue weighted by Crippen LogP contribution is -2.43. The number of carboxylic acids is 1. The van der Waals surface area contributed by atoms with Crippen molar-refractivity contribution in [3.05, 3.63) is 89.0 Å². The van der Waals surface area contributed by atoms with Crippen LogP contribution in [0.4, 0.5) is 5.69 Å². The van der Waals surface area contributed by atoms with E-state index in [0.717, 1.165) is 22.3 Å². The summed E-state index contributed by atoms with van der Waals surface area (Å²) in [6.07, 6.45) is 0.914. The molecule has 6 heteroatoms. The maximum Gasteiger partial charge on any atom is 0.329 e. The normalized spacial score (nSPS) is 13.8. The van der Waals surface area contributed by atoms with Gasteiger partial charge in [0.1, 0.15) is 5.54 Å². The fraction of sp³-hybridized carbons (Fsp3) is 0.192. The van der Waals surface area contributed by atoms with Crippen molar-refractivity contribution in [3.8, 4) is 11.1 Å². The molecular formula is C26H24N2O4. The van der Waals surface area contributed by atoms with Gasteiger partial charge in [-0.25, -0.2) is 4.79 Å². The molecule has 6 nitrogen and oxygen atoms in total. The zero-order valence-electron chi connectivity index (χ0n) is 17.9. The van der Waals surface area contributed by atoms with Crippen molar-refractivity contribution in [2.45, 2.75) is 32.2 Å². The molecule has 0 spiro atoms. The van der Waals surface area contributed by atoms with Crippen molar-refractivity contribution in [1.29, 1.82) is 0 Å². The number of aliphatic carboxylic acids is 1. The molecule has 0 atom stereocenters. The molecule has 0 radical (unpaired) electrons. The van der Waals surface area contributed by atoms with Crippen molar-refractivity contribution < 1.29 is 19.5 Å². The second kappa shape index (κ2) is 8.30. The van der Waals surface area contributed by atoms with Crippen LogP contribution in [0.2, 0.25) is 0 Å². The van der Waals surface area contributed by atoms with E-state index in [0.29, 0.717) is 29.7 Å². The molecule has 2 amide bonds. The second-order valence-corrected chi connectivity index (χ2v) is 8.25. The molecule has 1 aliphatic carbocycles. The minimum absolute atomic E-state index is 0.161. The summed E-state index contributed by atoms with van der Waals surface area (Å²) < 4.78 is 0. The number of carboxylic acid groups (broad SMARTS) is 1. The first-order valence-corrected chi connectivity index (χ1v) is 10.4. The Hall–Kier alpha value is -3.93.